The lowest BCUT2D eigenvalue weighted by Gasteiger charge is -2.16. The molecular formula is C18H16BrN5O4S2. The summed E-state index contributed by atoms with van der Waals surface area (Å²) in [6.07, 6.45) is -1.19. The molecule has 4 heterocycles. The number of imidazole rings is 1. The second kappa shape index (κ2) is 8.11. The van der Waals surface area contributed by atoms with Gasteiger partial charge in [0.25, 0.3) is 0 Å². The van der Waals surface area contributed by atoms with Gasteiger partial charge in [-0.1, -0.05) is 17.8 Å². The highest BCUT2D eigenvalue weighted by Crippen LogP contribution is 2.34. The normalized spacial score (nSPS) is 24.3. The molecule has 30 heavy (non-hydrogen) atoms. The van der Waals surface area contributed by atoms with Gasteiger partial charge in [-0.2, -0.15) is 4.37 Å². The largest absolute Gasteiger partial charge is 0.394 e. The van der Waals surface area contributed by atoms with Crippen LogP contribution in [0.5, 0.6) is 0 Å². The van der Waals surface area contributed by atoms with Gasteiger partial charge in [-0.05, 0) is 45.2 Å². The van der Waals surface area contributed by atoms with Crippen LogP contribution < -0.4 is 0 Å². The highest BCUT2D eigenvalue weighted by molar-refractivity contribution is 9.11. The zero-order chi connectivity index (χ0) is 20.8. The minimum absolute atomic E-state index is 0.391. The van der Waals surface area contributed by atoms with E-state index in [0.717, 1.165) is 20.3 Å². The number of fused-ring (bicyclic) bond motifs is 2. The number of aliphatic hydroxyl groups is 3. The molecule has 4 aromatic rings. The van der Waals surface area contributed by atoms with Crippen LogP contribution in [-0.4, -0.2) is 64.1 Å². The summed E-state index contributed by atoms with van der Waals surface area (Å²) in [7, 11) is 0. The number of benzene rings is 1. The maximum Gasteiger partial charge on any atom is 0.166 e. The maximum atomic E-state index is 10.3. The quantitative estimate of drug-likeness (QED) is 0.273. The van der Waals surface area contributed by atoms with E-state index in [4.69, 9.17) is 4.74 Å². The van der Waals surface area contributed by atoms with E-state index in [-0.39, 0.29) is 0 Å². The van der Waals surface area contributed by atoms with Gasteiger partial charge in [-0.3, -0.25) is 4.57 Å². The Kier molecular flexibility index (Phi) is 5.47. The Morgan fingerprint density at radius 3 is 2.87 bits per heavy atom. The van der Waals surface area contributed by atoms with E-state index in [1.807, 2.05) is 12.1 Å². The highest BCUT2D eigenvalue weighted by Gasteiger charge is 2.44. The van der Waals surface area contributed by atoms with E-state index >= 15 is 0 Å². The molecule has 0 radical (unpaired) electrons. The van der Waals surface area contributed by atoms with E-state index in [1.165, 1.54) is 35.9 Å². The first-order chi connectivity index (χ1) is 14.6. The van der Waals surface area contributed by atoms with Gasteiger partial charge in [0.15, 0.2) is 11.9 Å². The number of hydrogen-bond acceptors (Lipinski definition) is 10. The highest BCUT2D eigenvalue weighted by atomic mass is 79.9. The van der Waals surface area contributed by atoms with Crippen molar-refractivity contribution in [3.05, 3.63) is 40.2 Å². The van der Waals surface area contributed by atoms with Crippen molar-refractivity contribution < 1.29 is 20.1 Å². The van der Waals surface area contributed by atoms with E-state index in [2.05, 4.69) is 41.3 Å². The third kappa shape index (κ3) is 3.42. The molecule has 0 spiro atoms. The Balaban J connectivity index is 1.41. The molecule has 4 unspecified atom stereocenters. The molecule has 0 saturated carbocycles. The van der Waals surface area contributed by atoms with E-state index in [9.17, 15) is 15.3 Å². The topological polar surface area (TPSA) is 126 Å². The van der Waals surface area contributed by atoms with Crippen molar-refractivity contribution in [2.45, 2.75) is 35.3 Å². The molecule has 0 bridgehead atoms. The summed E-state index contributed by atoms with van der Waals surface area (Å²) < 4.78 is 12.5. The molecule has 1 aliphatic heterocycles. The summed E-state index contributed by atoms with van der Waals surface area (Å²) in [6, 6.07) is 6.14. The third-order valence-electron chi connectivity index (χ3n) is 4.99. The summed E-state index contributed by atoms with van der Waals surface area (Å²) in [5.74, 6) is 0.686. The second-order valence-electron chi connectivity index (χ2n) is 6.83. The summed E-state index contributed by atoms with van der Waals surface area (Å²) >= 11 is 6.48. The average Bonchev–Trinajstić information content (AvgIpc) is 3.43. The molecule has 3 aromatic heterocycles. The first-order valence-electron chi connectivity index (χ1n) is 9.03. The molecule has 0 amide bonds. The van der Waals surface area contributed by atoms with Gasteiger partial charge < -0.3 is 20.1 Å². The lowest BCUT2D eigenvalue weighted by molar-refractivity contribution is -0.0511. The van der Waals surface area contributed by atoms with Crippen LogP contribution in [-0.2, 0) is 10.5 Å². The number of hydrogen-bond donors (Lipinski definition) is 3. The van der Waals surface area contributed by atoms with Crippen molar-refractivity contribution in [2.75, 3.05) is 6.61 Å². The zero-order valence-electron chi connectivity index (χ0n) is 15.3. The standard InChI is InChI=1S/C18H16BrN5O4S2/c19-15-9-3-8(1-2-10(9)23-30-15)5-29-17-12-16(20-6-21-17)24(7-22-12)18-14(27)13(26)11(4-25)28-18/h1-3,6-7,11,13-14,18,25-27H,4-5H2. The minimum Gasteiger partial charge on any atom is -0.394 e. The van der Waals surface area contributed by atoms with Crippen molar-refractivity contribution in [3.63, 3.8) is 0 Å². The molecule has 4 atom stereocenters. The zero-order valence-corrected chi connectivity index (χ0v) is 18.5. The van der Waals surface area contributed by atoms with Gasteiger partial charge in [0.2, 0.25) is 0 Å². The molecule has 1 aliphatic rings. The number of rotatable bonds is 5. The SMILES string of the molecule is OCC1OC(n2cnc3c(SCc4ccc5nsc(Br)c5c4)ncnc32)C(O)C1O. The Morgan fingerprint density at radius 1 is 1.20 bits per heavy atom. The van der Waals surface area contributed by atoms with Gasteiger partial charge in [0.05, 0.1) is 22.2 Å². The summed E-state index contributed by atoms with van der Waals surface area (Å²) in [4.78, 5) is 13.1. The fraction of sp³-hybridized carbons (Fsp3) is 0.333. The van der Waals surface area contributed by atoms with Crippen LogP contribution in [0.3, 0.4) is 0 Å². The van der Waals surface area contributed by atoms with Crippen LogP contribution in [0.1, 0.15) is 11.8 Å². The monoisotopic (exact) mass is 509 g/mol. The van der Waals surface area contributed by atoms with Crippen LogP contribution in [0.4, 0.5) is 0 Å². The fourth-order valence-electron chi connectivity index (χ4n) is 3.43. The Hall–Kier alpha value is -1.67. The number of thioether (sulfide) groups is 1. The number of nitrogens with zero attached hydrogens (tertiary/aromatic N) is 5. The van der Waals surface area contributed by atoms with Gasteiger partial charge in [0.1, 0.15) is 35.2 Å². The van der Waals surface area contributed by atoms with Crippen LogP contribution in [0.25, 0.3) is 22.1 Å². The minimum atomic E-state index is -1.20. The lowest BCUT2D eigenvalue weighted by atomic mass is 10.1. The first kappa shape index (κ1) is 20.2. The van der Waals surface area contributed by atoms with Gasteiger partial charge >= 0.3 is 0 Å². The number of aliphatic hydroxyl groups excluding tert-OH is 3. The first-order valence-corrected chi connectivity index (χ1v) is 11.6. The molecule has 3 N–H and O–H groups in total. The molecular weight excluding hydrogens is 494 g/mol. The Bertz CT molecular complexity index is 1220. The van der Waals surface area contributed by atoms with Crippen LogP contribution in [0.15, 0.2) is 39.7 Å². The Labute approximate surface area is 187 Å². The molecule has 12 heteroatoms. The summed E-state index contributed by atoms with van der Waals surface area (Å²) in [6.45, 7) is -0.391. The van der Waals surface area contributed by atoms with E-state index in [0.29, 0.717) is 21.9 Å². The average molecular weight is 510 g/mol. The molecule has 5 rings (SSSR count). The molecule has 9 nitrogen and oxygen atoms in total. The van der Waals surface area contributed by atoms with Crippen LogP contribution in [0.2, 0.25) is 0 Å². The lowest BCUT2D eigenvalue weighted by Crippen LogP contribution is -2.33. The number of halogens is 1. The molecule has 0 aliphatic carbocycles. The maximum absolute atomic E-state index is 10.3. The van der Waals surface area contributed by atoms with Crippen molar-refractivity contribution in [2.24, 2.45) is 0 Å². The van der Waals surface area contributed by atoms with E-state index < -0.39 is 31.1 Å². The van der Waals surface area contributed by atoms with Crippen LogP contribution in [0, 0.1) is 0 Å². The fourth-order valence-corrected chi connectivity index (χ4v) is 5.45. The Morgan fingerprint density at radius 2 is 2.07 bits per heavy atom. The van der Waals surface area contributed by atoms with Gasteiger partial charge in [-0.25, -0.2) is 15.0 Å². The van der Waals surface area contributed by atoms with Crippen molar-refractivity contribution in [1.29, 1.82) is 0 Å². The molecule has 156 valence electrons. The van der Waals surface area contributed by atoms with Crippen LogP contribution >= 0.6 is 39.2 Å². The number of aromatic nitrogens is 5. The summed E-state index contributed by atoms with van der Waals surface area (Å²) in [5, 5.41) is 31.4. The molecule has 1 saturated heterocycles. The van der Waals surface area contributed by atoms with E-state index in [1.54, 1.807) is 4.57 Å². The smallest absolute Gasteiger partial charge is 0.166 e. The second-order valence-corrected chi connectivity index (χ2v) is 9.88. The van der Waals surface area contributed by atoms with Crippen molar-refractivity contribution in [3.8, 4) is 0 Å². The molecule has 1 fully saturated rings. The predicted octanol–water partition coefficient (Wildman–Crippen LogP) is 2.10. The summed E-state index contributed by atoms with van der Waals surface area (Å²) in [5.41, 5.74) is 3.16. The third-order valence-corrected chi connectivity index (χ3v) is 7.57. The molecule has 1 aromatic carbocycles. The van der Waals surface area contributed by atoms with Gasteiger partial charge in [0, 0.05) is 11.1 Å². The van der Waals surface area contributed by atoms with Crippen molar-refractivity contribution >= 4 is 61.3 Å². The van der Waals surface area contributed by atoms with Gasteiger partial charge in [-0.15, -0.1) is 0 Å². The number of ether oxygens (including phenoxy) is 1. The van der Waals surface area contributed by atoms with Crippen molar-refractivity contribution in [1.82, 2.24) is 23.9 Å². The predicted molar refractivity (Wildman–Crippen MR) is 115 cm³/mol.